The van der Waals surface area contributed by atoms with Gasteiger partial charge in [-0.25, -0.2) is 0 Å². The number of hydrogen-bond donors (Lipinski definition) is 0. The van der Waals surface area contributed by atoms with Crippen molar-refractivity contribution in [1.82, 2.24) is 0 Å². The van der Waals surface area contributed by atoms with Crippen LogP contribution in [0.4, 0.5) is 0 Å². The van der Waals surface area contributed by atoms with Crippen LogP contribution in [0.25, 0.3) is 0 Å². The van der Waals surface area contributed by atoms with Gasteiger partial charge < -0.3 is 0 Å². The first-order chi connectivity index (χ1) is 4.81. The van der Waals surface area contributed by atoms with Crippen LogP contribution in [0.5, 0.6) is 0 Å². The molecule has 0 amide bonds. The molecule has 0 rings (SSSR count). The average molecular weight is 243 g/mol. The second-order valence-electron chi connectivity index (χ2n) is 0.547. The van der Waals surface area contributed by atoms with Crippen molar-refractivity contribution < 1.29 is 39.4 Å². The van der Waals surface area contributed by atoms with Gasteiger partial charge in [0, 0.05) is 0 Å². The second-order valence-corrected chi connectivity index (χ2v) is 3.51. The molecule has 0 radical (unpaired) electrons. The second kappa shape index (κ2) is 22.6. The van der Waals surface area contributed by atoms with E-state index in [1.165, 1.54) is 0 Å². The molecule has 0 spiro atoms. The molecule has 0 aromatic rings. The molecule has 0 aliphatic heterocycles. The van der Waals surface area contributed by atoms with Gasteiger partial charge in [-0.2, -0.15) is 0 Å². The third kappa shape index (κ3) is 23.3. The van der Waals surface area contributed by atoms with E-state index >= 15 is 0 Å². The molecule has 10 heavy (non-hydrogen) atoms. The molecule has 0 atom stereocenters. The molecule has 0 fully saturated rings. The van der Waals surface area contributed by atoms with E-state index in [0.717, 1.165) is 0 Å². The first kappa shape index (κ1) is 17.0. The molecular formula is HAlBO5PSiZn. The minimum atomic E-state index is -2.38. The predicted octanol–water partition coefficient (Wildman–Crippen LogP) is -1.15. The van der Waals surface area contributed by atoms with Crippen LogP contribution in [0.2, 0.25) is 0 Å². The molecule has 0 bridgehead atoms. The van der Waals surface area contributed by atoms with Crippen LogP contribution in [0.1, 0.15) is 0 Å². The minimum absolute atomic E-state index is 0.125. The maximum atomic E-state index is 9.67. The Bertz CT molecular complexity index is 108. The Kier molecular flexibility index (Phi) is 38.4. The van der Waals surface area contributed by atoms with Crippen molar-refractivity contribution in [2.45, 2.75) is 0 Å². The Hall–Kier alpha value is 0.738. The third-order valence-corrected chi connectivity index (χ3v) is 1.43. The standard InChI is InChI=1S/Al.BO3PSi.2O.Zn.H/c;2-1-6(4)5-3;;;;. The van der Waals surface area contributed by atoms with Crippen LogP contribution in [-0.2, 0) is 39.4 Å². The van der Waals surface area contributed by atoms with Crippen molar-refractivity contribution in [1.29, 1.82) is 0 Å². The van der Waals surface area contributed by atoms with Crippen LogP contribution in [0, 0.1) is 0 Å². The van der Waals surface area contributed by atoms with E-state index in [4.69, 9.17) is 7.38 Å². The fourth-order valence-corrected chi connectivity index (χ4v) is 0.194. The normalized spacial score (nSPS) is 5.30. The van der Waals surface area contributed by atoms with Gasteiger partial charge in [-0.1, -0.05) is 0 Å². The van der Waals surface area contributed by atoms with Gasteiger partial charge in [0.15, 0.2) is 0 Å². The fraction of sp³-hybridized carbons (Fsp3) is 0. The summed E-state index contributed by atoms with van der Waals surface area (Å²) in [6.07, 6.45) is 0. The van der Waals surface area contributed by atoms with Crippen LogP contribution < -0.4 is 0 Å². The molecule has 0 saturated heterocycles. The summed E-state index contributed by atoms with van der Waals surface area (Å²) in [7, 11) is -2.93. The molecule has 0 aromatic heterocycles. The molecule has 0 saturated carbocycles. The summed E-state index contributed by atoms with van der Waals surface area (Å²) in [4.78, 5) is 0. The van der Waals surface area contributed by atoms with Gasteiger partial charge in [0.2, 0.25) is 0 Å². The van der Waals surface area contributed by atoms with Crippen LogP contribution in [0.3, 0.4) is 0 Å². The molecule has 5 nitrogen and oxygen atoms in total. The first-order valence-electron chi connectivity index (χ1n) is 1.71. The Labute approximate surface area is 78.4 Å². The average Bonchev–Trinajstić information content (AvgIpc) is 2.10. The third-order valence-electron chi connectivity index (χ3n) is 0.191. The van der Waals surface area contributed by atoms with Crippen molar-refractivity contribution in [3.05, 3.63) is 0 Å². The van der Waals surface area contributed by atoms with Crippen molar-refractivity contribution >= 4 is 39.2 Å². The monoisotopic (exact) mass is 242 g/mol. The molecule has 0 aliphatic rings. The maximum absolute atomic E-state index is 9.67. The fourth-order valence-electron chi connectivity index (χ4n) is 0.0215. The molecule has 48 valence electrons. The Morgan fingerprint density at radius 3 is 1.70 bits per heavy atom. The summed E-state index contributed by atoms with van der Waals surface area (Å²) in [6.45, 7) is 0.194. The number of hydrogen-bond acceptors (Lipinski definition) is 5. The summed E-state index contributed by atoms with van der Waals surface area (Å²) in [5.74, 6) is 0. The molecule has 10 heteroatoms. The van der Waals surface area contributed by atoms with Gasteiger partial charge in [-0.3, -0.25) is 0 Å². The Morgan fingerprint density at radius 1 is 1.40 bits per heavy atom. The van der Waals surface area contributed by atoms with Crippen molar-refractivity contribution in [3.63, 3.8) is 0 Å². The summed E-state index contributed by atoms with van der Waals surface area (Å²) in [5.41, 5.74) is 0. The predicted molar refractivity (Wildman–Crippen MR) is 29.0 cm³/mol. The SMILES string of the molecule is O=B[Si](=O)P=O.[O]=[AlH].[O]=[Zn]. The zero-order valence-corrected chi connectivity index (χ0v) is 11.3. The van der Waals surface area contributed by atoms with E-state index in [1.54, 1.807) is 0 Å². The van der Waals surface area contributed by atoms with Crippen molar-refractivity contribution in [3.8, 4) is 0 Å². The molecular weight excluding hydrogens is 242 g/mol. The molecule has 0 aliphatic carbocycles. The van der Waals surface area contributed by atoms with Gasteiger partial charge >= 0.3 is 78.6 Å². The summed E-state index contributed by atoms with van der Waals surface area (Å²) >= 11 is 0.736. The molecule has 0 N–H and O–H groups in total. The molecule has 0 aromatic carbocycles. The van der Waals surface area contributed by atoms with Crippen molar-refractivity contribution in [2.75, 3.05) is 0 Å². The number of rotatable bonds is 2. The van der Waals surface area contributed by atoms with E-state index in [2.05, 4.69) is 0 Å². The van der Waals surface area contributed by atoms with Crippen LogP contribution in [-0.4, -0.2) is 31.2 Å². The van der Waals surface area contributed by atoms with E-state index in [-0.39, 0.29) is 25.0 Å². The van der Waals surface area contributed by atoms with Crippen LogP contribution >= 0.6 is 8.01 Å². The molecule has 0 heterocycles. The van der Waals surface area contributed by atoms with E-state index in [1.807, 2.05) is 0 Å². The Balaban J connectivity index is -0.000000105. The van der Waals surface area contributed by atoms with Crippen LogP contribution in [0.15, 0.2) is 0 Å². The first-order valence-corrected chi connectivity index (χ1v) is 6.64. The quantitative estimate of drug-likeness (QED) is 0.452. The zero-order valence-electron chi connectivity index (χ0n) is 4.98. The van der Waals surface area contributed by atoms with E-state index in [9.17, 15) is 13.7 Å². The summed E-state index contributed by atoms with van der Waals surface area (Å²) < 4.78 is 44.9. The van der Waals surface area contributed by atoms with E-state index < -0.39 is 16.2 Å². The van der Waals surface area contributed by atoms with Gasteiger partial charge in [0.1, 0.15) is 0 Å². The zero-order chi connectivity index (χ0) is 8.99. The van der Waals surface area contributed by atoms with Gasteiger partial charge in [0.25, 0.3) is 0 Å². The van der Waals surface area contributed by atoms with Gasteiger partial charge in [0.05, 0.1) is 0 Å². The van der Waals surface area contributed by atoms with Crippen molar-refractivity contribution in [2.24, 2.45) is 0 Å². The Morgan fingerprint density at radius 2 is 1.70 bits per heavy atom. The summed E-state index contributed by atoms with van der Waals surface area (Å²) in [5, 5.41) is 0. The molecule has 0 unspecified atom stereocenters. The van der Waals surface area contributed by atoms with Gasteiger partial charge in [-0.05, 0) is 0 Å². The van der Waals surface area contributed by atoms with E-state index in [0.29, 0.717) is 16.2 Å². The topological polar surface area (TPSA) is 85.3 Å². The van der Waals surface area contributed by atoms with Gasteiger partial charge in [-0.15, -0.1) is 0 Å². The summed E-state index contributed by atoms with van der Waals surface area (Å²) in [6, 6.07) is 0.